The molecule has 0 saturated heterocycles. The zero-order valence-corrected chi connectivity index (χ0v) is 9.67. The predicted octanol–water partition coefficient (Wildman–Crippen LogP) is 1.98. The van der Waals surface area contributed by atoms with Gasteiger partial charge in [0.1, 0.15) is 0 Å². The summed E-state index contributed by atoms with van der Waals surface area (Å²) in [6.45, 7) is 4.19. The van der Waals surface area contributed by atoms with Gasteiger partial charge in [-0.1, -0.05) is 25.4 Å². The Morgan fingerprint density at radius 2 is 2.29 bits per heavy atom. The summed E-state index contributed by atoms with van der Waals surface area (Å²) >= 11 is 1.67. The maximum absolute atomic E-state index is 5.96. The van der Waals surface area contributed by atoms with Gasteiger partial charge >= 0.3 is 0 Å². The van der Waals surface area contributed by atoms with Crippen LogP contribution < -0.4 is 5.73 Å². The van der Waals surface area contributed by atoms with Crippen molar-refractivity contribution in [3.05, 3.63) is 11.7 Å². The number of thioether (sulfide) groups is 1. The molecule has 2 N–H and O–H groups in total. The molecule has 0 aliphatic carbocycles. The van der Waals surface area contributed by atoms with Gasteiger partial charge in [-0.25, -0.2) is 0 Å². The number of hydrogen-bond acceptors (Lipinski definition) is 5. The Morgan fingerprint density at radius 1 is 1.57 bits per heavy atom. The molecule has 0 amide bonds. The molecule has 4 nitrogen and oxygen atoms in total. The first-order valence-corrected chi connectivity index (χ1v) is 6.15. The van der Waals surface area contributed by atoms with Crippen LogP contribution in [-0.2, 0) is 5.75 Å². The van der Waals surface area contributed by atoms with E-state index in [1.165, 1.54) is 0 Å². The molecule has 0 aliphatic rings. The summed E-state index contributed by atoms with van der Waals surface area (Å²) in [7, 11) is 0. The average Bonchev–Trinajstić information content (AvgIpc) is 2.64. The SMILES string of the molecule is CCC(C)[C@H](N)c1nc(CSC)no1. The lowest BCUT2D eigenvalue weighted by Crippen LogP contribution is -2.18. The van der Waals surface area contributed by atoms with Gasteiger partial charge in [-0.05, 0) is 12.2 Å². The van der Waals surface area contributed by atoms with Crippen LogP contribution in [-0.4, -0.2) is 16.4 Å². The van der Waals surface area contributed by atoms with Crippen molar-refractivity contribution in [2.75, 3.05) is 6.26 Å². The van der Waals surface area contributed by atoms with Crippen molar-refractivity contribution < 1.29 is 4.52 Å². The van der Waals surface area contributed by atoms with Gasteiger partial charge in [0, 0.05) is 0 Å². The van der Waals surface area contributed by atoms with E-state index in [1.54, 1.807) is 11.8 Å². The second-order valence-electron chi connectivity index (χ2n) is 3.39. The minimum absolute atomic E-state index is 0.136. The first-order valence-electron chi connectivity index (χ1n) is 4.76. The zero-order valence-electron chi connectivity index (χ0n) is 8.86. The third-order valence-electron chi connectivity index (χ3n) is 2.30. The Hall–Kier alpha value is -0.550. The van der Waals surface area contributed by atoms with Crippen molar-refractivity contribution in [1.82, 2.24) is 10.1 Å². The molecule has 1 unspecified atom stereocenters. The molecule has 0 aliphatic heterocycles. The van der Waals surface area contributed by atoms with Gasteiger partial charge in [0.05, 0.1) is 11.8 Å². The van der Waals surface area contributed by atoms with E-state index in [0.29, 0.717) is 11.8 Å². The van der Waals surface area contributed by atoms with Crippen LogP contribution in [0.3, 0.4) is 0 Å². The van der Waals surface area contributed by atoms with Crippen molar-refractivity contribution in [1.29, 1.82) is 0 Å². The maximum Gasteiger partial charge on any atom is 0.243 e. The summed E-state index contributed by atoms with van der Waals surface area (Å²) in [5, 5.41) is 3.86. The summed E-state index contributed by atoms with van der Waals surface area (Å²) in [5.74, 6) is 2.43. The fourth-order valence-electron chi connectivity index (χ4n) is 1.09. The Kier molecular flexibility index (Phi) is 4.41. The molecule has 0 fully saturated rings. The molecule has 1 aromatic heterocycles. The van der Waals surface area contributed by atoms with E-state index < -0.39 is 0 Å². The van der Waals surface area contributed by atoms with Gasteiger partial charge < -0.3 is 10.3 Å². The summed E-state index contributed by atoms with van der Waals surface area (Å²) in [6.07, 6.45) is 3.02. The number of rotatable bonds is 5. The second kappa shape index (κ2) is 5.36. The minimum Gasteiger partial charge on any atom is -0.338 e. The van der Waals surface area contributed by atoms with Crippen LogP contribution in [0.15, 0.2) is 4.52 Å². The van der Waals surface area contributed by atoms with Gasteiger partial charge in [-0.2, -0.15) is 16.7 Å². The molecular weight excluding hydrogens is 198 g/mol. The van der Waals surface area contributed by atoms with E-state index in [-0.39, 0.29) is 6.04 Å². The Balaban J connectivity index is 2.65. The highest BCUT2D eigenvalue weighted by molar-refractivity contribution is 7.97. The van der Waals surface area contributed by atoms with E-state index in [1.807, 2.05) is 6.26 Å². The molecule has 2 atom stereocenters. The number of hydrogen-bond donors (Lipinski definition) is 1. The standard InChI is InChI=1S/C9H17N3OS/c1-4-6(2)8(10)9-11-7(5-14-3)12-13-9/h6,8H,4-5,10H2,1-3H3/t6?,8-/m0/s1. The minimum atomic E-state index is -0.136. The van der Waals surface area contributed by atoms with Crippen molar-refractivity contribution in [3.8, 4) is 0 Å². The highest BCUT2D eigenvalue weighted by Gasteiger charge is 2.19. The van der Waals surface area contributed by atoms with Gasteiger partial charge in [0.2, 0.25) is 5.89 Å². The third kappa shape index (κ3) is 2.72. The van der Waals surface area contributed by atoms with Gasteiger partial charge in [0.15, 0.2) is 5.82 Å². The van der Waals surface area contributed by atoms with Crippen LogP contribution in [0.2, 0.25) is 0 Å². The van der Waals surface area contributed by atoms with Gasteiger partial charge in [-0.15, -0.1) is 0 Å². The molecule has 5 heteroatoms. The van der Waals surface area contributed by atoms with E-state index in [2.05, 4.69) is 24.0 Å². The second-order valence-corrected chi connectivity index (χ2v) is 4.26. The number of nitrogens with two attached hydrogens (primary N) is 1. The van der Waals surface area contributed by atoms with E-state index in [9.17, 15) is 0 Å². The highest BCUT2D eigenvalue weighted by Crippen LogP contribution is 2.20. The molecule has 1 heterocycles. The molecule has 14 heavy (non-hydrogen) atoms. The lowest BCUT2D eigenvalue weighted by atomic mass is 10.0. The van der Waals surface area contributed by atoms with Crippen LogP contribution in [0.25, 0.3) is 0 Å². The van der Waals surface area contributed by atoms with E-state index in [0.717, 1.165) is 18.0 Å². The maximum atomic E-state index is 5.96. The molecule has 0 aromatic carbocycles. The molecule has 1 rings (SSSR count). The molecule has 0 bridgehead atoms. The molecular formula is C9H17N3OS. The fourth-order valence-corrected chi connectivity index (χ4v) is 1.46. The van der Waals surface area contributed by atoms with Crippen LogP contribution in [0.4, 0.5) is 0 Å². The van der Waals surface area contributed by atoms with Crippen LogP contribution in [0.1, 0.15) is 38.0 Å². The third-order valence-corrected chi connectivity index (χ3v) is 2.85. The van der Waals surface area contributed by atoms with Crippen molar-refractivity contribution in [2.24, 2.45) is 11.7 Å². The molecule has 1 aromatic rings. The van der Waals surface area contributed by atoms with Crippen LogP contribution in [0, 0.1) is 5.92 Å². The lowest BCUT2D eigenvalue weighted by Gasteiger charge is -2.12. The quantitative estimate of drug-likeness (QED) is 0.813. The predicted molar refractivity (Wildman–Crippen MR) is 57.9 cm³/mol. The monoisotopic (exact) mass is 215 g/mol. The molecule has 0 saturated carbocycles. The Labute approximate surface area is 88.6 Å². The lowest BCUT2D eigenvalue weighted by molar-refractivity contribution is 0.311. The molecule has 80 valence electrons. The number of nitrogens with zero attached hydrogens (tertiary/aromatic N) is 2. The van der Waals surface area contributed by atoms with E-state index >= 15 is 0 Å². The van der Waals surface area contributed by atoms with E-state index in [4.69, 9.17) is 10.3 Å². The fraction of sp³-hybridized carbons (Fsp3) is 0.778. The zero-order chi connectivity index (χ0) is 10.6. The smallest absolute Gasteiger partial charge is 0.243 e. The van der Waals surface area contributed by atoms with Crippen molar-refractivity contribution in [2.45, 2.75) is 32.1 Å². The molecule has 0 radical (unpaired) electrons. The van der Waals surface area contributed by atoms with Crippen LogP contribution in [0.5, 0.6) is 0 Å². The first kappa shape index (κ1) is 11.5. The van der Waals surface area contributed by atoms with Crippen molar-refractivity contribution in [3.63, 3.8) is 0 Å². The summed E-state index contributed by atoms with van der Waals surface area (Å²) in [6, 6.07) is -0.136. The van der Waals surface area contributed by atoms with Gasteiger partial charge in [-0.3, -0.25) is 0 Å². The highest BCUT2D eigenvalue weighted by atomic mass is 32.2. The summed E-state index contributed by atoms with van der Waals surface area (Å²) < 4.78 is 5.10. The largest absolute Gasteiger partial charge is 0.338 e. The normalized spacial score (nSPS) is 15.4. The Bertz CT molecular complexity index is 277. The first-order chi connectivity index (χ1) is 6.69. The summed E-state index contributed by atoms with van der Waals surface area (Å²) in [4.78, 5) is 4.25. The average molecular weight is 215 g/mol. The van der Waals surface area contributed by atoms with Crippen molar-refractivity contribution >= 4 is 11.8 Å². The number of aromatic nitrogens is 2. The topological polar surface area (TPSA) is 64.9 Å². The molecule has 0 spiro atoms. The Morgan fingerprint density at radius 3 is 2.86 bits per heavy atom. The van der Waals surface area contributed by atoms with Gasteiger partial charge in [0.25, 0.3) is 0 Å². The van der Waals surface area contributed by atoms with Crippen LogP contribution >= 0.6 is 11.8 Å². The summed E-state index contributed by atoms with van der Waals surface area (Å²) in [5.41, 5.74) is 5.96.